The second-order valence-electron chi connectivity index (χ2n) is 4.00. The third kappa shape index (κ3) is 2.93. The van der Waals surface area contributed by atoms with Crippen molar-refractivity contribution in [1.29, 1.82) is 0 Å². The van der Waals surface area contributed by atoms with E-state index in [-0.39, 0.29) is 0 Å². The van der Waals surface area contributed by atoms with Gasteiger partial charge in [-0.2, -0.15) is 0 Å². The Morgan fingerprint density at radius 3 is 2.85 bits per heavy atom. The normalized spacial score (nSPS) is 33.2. The van der Waals surface area contributed by atoms with Crippen LogP contribution in [0.5, 0.6) is 0 Å². The van der Waals surface area contributed by atoms with Crippen LogP contribution in [0.2, 0.25) is 0 Å². The molecule has 0 aliphatic carbocycles. The van der Waals surface area contributed by atoms with Crippen LogP contribution in [0.15, 0.2) is 0 Å². The first kappa shape index (κ1) is 11.0. The van der Waals surface area contributed by atoms with Crippen molar-refractivity contribution >= 4 is 0 Å². The van der Waals surface area contributed by atoms with E-state index in [9.17, 15) is 0 Å². The monoisotopic (exact) mass is 186 g/mol. The fraction of sp³-hybridized carbons (Fsp3) is 1.00. The van der Waals surface area contributed by atoms with Gasteiger partial charge in [0, 0.05) is 25.2 Å². The van der Waals surface area contributed by atoms with Crippen LogP contribution < -0.4 is 5.32 Å². The smallest absolute Gasteiger partial charge is 0.0700 e. The van der Waals surface area contributed by atoms with Crippen molar-refractivity contribution in [3.8, 4) is 0 Å². The Balaban J connectivity index is 2.39. The maximum absolute atomic E-state index is 5.57. The molecule has 2 unspecified atom stereocenters. The molecule has 0 bridgehead atoms. The third-order valence-corrected chi connectivity index (χ3v) is 3.02. The zero-order valence-corrected chi connectivity index (χ0v) is 9.21. The van der Waals surface area contributed by atoms with Crippen LogP contribution in [0.4, 0.5) is 0 Å². The van der Waals surface area contributed by atoms with Crippen molar-refractivity contribution in [3.05, 3.63) is 0 Å². The molecule has 3 nitrogen and oxygen atoms in total. The Kier molecular flexibility index (Phi) is 4.16. The molecule has 1 aliphatic heterocycles. The second kappa shape index (κ2) is 4.94. The van der Waals surface area contributed by atoms with Crippen LogP contribution in [0, 0.1) is 0 Å². The van der Waals surface area contributed by atoms with E-state index in [1.165, 1.54) is 0 Å². The quantitative estimate of drug-likeness (QED) is 0.702. The van der Waals surface area contributed by atoms with Crippen LogP contribution in [0.1, 0.15) is 20.8 Å². The van der Waals surface area contributed by atoms with Gasteiger partial charge in [0.15, 0.2) is 0 Å². The summed E-state index contributed by atoms with van der Waals surface area (Å²) in [6.07, 6.45) is 0.373. The number of hydrogen-bond donors (Lipinski definition) is 1. The molecule has 1 rings (SSSR count). The lowest BCUT2D eigenvalue weighted by Gasteiger charge is -2.39. The Bertz CT molecular complexity index is 152. The summed E-state index contributed by atoms with van der Waals surface area (Å²) < 4.78 is 5.57. The number of ether oxygens (including phenoxy) is 1. The number of rotatable bonds is 3. The van der Waals surface area contributed by atoms with Gasteiger partial charge < -0.3 is 10.1 Å². The van der Waals surface area contributed by atoms with Crippen molar-refractivity contribution in [2.75, 3.05) is 26.7 Å². The first-order valence-electron chi connectivity index (χ1n) is 5.18. The minimum atomic E-state index is 0.373. The Labute approximate surface area is 81.4 Å². The van der Waals surface area contributed by atoms with Crippen molar-refractivity contribution < 1.29 is 4.74 Å². The summed E-state index contributed by atoms with van der Waals surface area (Å²) in [6.45, 7) is 9.67. The van der Waals surface area contributed by atoms with E-state index in [2.05, 4.69) is 31.0 Å². The van der Waals surface area contributed by atoms with Gasteiger partial charge >= 0.3 is 0 Å². The summed E-state index contributed by atoms with van der Waals surface area (Å²) in [4.78, 5) is 2.50. The van der Waals surface area contributed by atoms with Crippen LogP contribution in [-0.2, 0) is 4.74 Å². The molecule has 1 aliphatic rings. The molecule has 78 valence electrons. The van der Waals surface area contributed by atoms with Gasteiger partial charge in [-0.05, 0) is 27.8 Å². The first-order valence-corrected chi connectivity index (χ1v) is 5.18. The summed E-state index contributed by atoms with van der Waals surface area (Å²) in [5.74, 6) is 0. The average molecular weight is 186 g/mol. The average Bonchev–Trinajstić information content (AvgIpc) is 2.13. The van der Waals surface area contributed by atoms with Crippen LogP contribution >= 0.6 is 0 Å². The molecule has 0 amide bonds. The molecular formula is C10H22N2O. The molecule has 1 N–H and O–H groups in total. The highest BCUT2D eigenvalue weighted by atomic mass is 16.5. The van der Waals surface area contributed by atoms with Gasteiger partial charge in [0.25, 0.3) is 0 Å². The molecule has 0 spiro atoms. The summed E-state index contributed by atoms with van der Waals surface area (Å²) in [7, 11) is 2.01. The molecule has 13 heavy (non-hydrogen) atoms. The SMILES string of the molecule is CN[C@@H](C)CN1CCOC(C)C1C. The number of nitrogens with one attached hydrogen (secondary N) is 1. The van der Waals surface area contributed by atoms with E-state index in [0.717, 1.165) is 19.7 Å². The van der Waals surface area contributed by atoms with E-state index in [1.54, 1.807) is 0 Å². The van der Waals surface area contributed by atoms with E-state index in [4.69, 9.17) is 4.74 Å². The van der Waals surface area contributed by atoms with Gasteiger partial charge in [-0.1, -0.05) is 0 Å². The van der Waals surface area contributed by atoms with Gasteiger partial charge in [0.2, 0.25) is 0 Å². The molecule has 0 saturated carbocycles. The Morgan fingerprint density at radius 2 is 2.23 bits per heavy atom. The summed E-state index contributed by atoms with van der Waals surface area (Å²) >= 11 is 0. The highest BCUT2D eigenvalue weighted by Gasteiger charge is 2.25. The molecule has 0 aromatic rings. The molecule has 1 fully saturated rings. The van der Waals surface area contributed by atoms with Gasteiger partial charge in [-0.25, -0.2) is 0 Å². The summed E-state index contributed by atoms with van der Waals surface area (Å²) in [5.41, 5.74) is 0. The zero-order chi connectivity index (χ0) is 9.84. The molecule has 0 aromatic carbocycles. The number of morpholine rings is 1. The van der Waals surface area contributed by atoms with E-state index < -0.39 is 0 Å². The molecule has 3 heteroatoms. The maximum atomic E-state index is 5.57. The Morgan fingerprint density at radius 1 is 1.54 bits per heavy atom. The number of nitrogens with zero attached hydrogens (tertiary/aromatic N) is 1. The fourth-order valence-corrected chi connectivity index (χ4v) is 1.70. The lowest BCUT2D eigenvalue weighted by atomic mass is 10.1. The highest BCUT2D eigenvalue weighted by molar-refractivity contribution is 4.79. The van der Waals surface area contributed by atoms with E-state index in [1.807, 2.05) is 7.05 Å². The van der Waals surface area contributed by atoms with Crippen molar-refractivity contribution in [2.24, 2.45) is 0 Å². The van der Waals surface area contributed by atoms with Gasteiger partial charge in [-0.3, -0.25) is 4.90 Å². The predicted molar refractivity (Wildman–Crippen MR) is 55.0 cm³/mol. The molecular weight excluding hydrogens is 164 g/mol. The lowest BCUT2D eigenvalue weighted by molar-refractivity contribution is -0.0570. The summed E-state index contributed by atoms with van der Waals surface area (Å²) in [6, 6.07) is 1.11. The van der Waals surface area contributed by atoms with Crippen molar-refractivity contribution in [1.82, 2.24) is 10.2 Å². The van der Waals surface area contributed by atoms with Gasteiger partial charge in [-0.15, -0.1) is 0 Å². The topological polar surface area (TPSA) is 24.5 Å². The minimum Gasteiger partial charge on any atom is -0.376 e. The van der Waals surface area contributed by atoms with Gasteiger partial charge in [0.1, 0.15) is 0 Å². The molecule has 3 atom stereocenters. The maximum Gasteiger partial charge on any atom is 0.0700 e. The van der Waals surface area contributed by atoms with Crippen molar-refractivity contribution in [3.63, 3.8) is 0 Å². The minimum absolute atomic E-state index is 0.373. The number of likely N-dealkylation sites (N-methyl/N-ethyl adjacent to an activating group) is 1. The van der Waals surface area contributed by atoms with Gasteiger partial charge in [0.05, 0.1) is 12.7 Å². The molecule has 1 saturated heterocycles. The van der Waals surface area contributed by atoms with E-state index in [0.29, 0.717) is 18.2 Å². The highest BCUT2D eigenvalue weighted by Crippen LogP contribution is 2.13. The predicted octanol–water partition coefficient (Wildman–Crippen LogP) is 0.703. The second-order valence-corrected chi connectivity index (χ2v) is 4.00. The molecule has 1 heterocycles. The Hall–Kier alpha value is -0.120. The zero-order valence-electron chi connectivity index (χ0n) is 9.21. The van der Waals surface area contributed by atoms with E-state index >= 15 is 0 Å². The summed E-state index contributed by atoms with van der Waals surface area (Å²) in [5, 5.41) is 3.27. The third-order valence-electron chi connectivity index (χ3n) is 3.02. The van der Waals surface area contributed by atoms with Crippen LogP contribution in [0.3, 0.4) is 0 Å². The van der Waals surface area contributed by atoms with Crippen LogP contribution in [0.25, 0.3) is 0 Å². The lowest BCUT2D eigenvalue weighted by Crippen LogP contribution is -2.52. The standard InChI is InChI=1S/C10H22N2O/c1-8(11-4)7-12-5-6-13-10(3)9(12)2/h8-11H,5-7H2,1-4H3/t8-,9?,10?/m0/s1. The first-order chi connectivity index (χ1) is 6.15. The molecule has 0 aromatic heterocycles. The van der Waals surface area contributed by atoms with Crippen LogP contribution in [-0.4, -0.2) is 49.8 Å². The largest absolute Gasteiger partial charge is 0.376 e. The van der Waals surface area contributed by atoms with Crippen molar-refractivity contribution in [2.45, 2.75) is 39.0 Å². The number of hydrogen-bond acceptors (Lipinski definition) is 3. The molecule has 0 radical (unpaired) electrons. The fourth-order valence-electron chi connectivity index (χ4n) is 1.70.